The van der Waals surface area contributed by atoms with Gasteiger partial charge in [0.15, 0.2) is 0 Å². The molecular weight excluding hydrogens is 423 g/mol. The van der Waals surface area contributed by atoms with Crippen LogP contribution in [-0.2, 0) is 13.0 Å². The Kier molecular flexibility index (Phi) is 8.00. The Hall–Kier alpha value is -2.30. The number of hydrogen-bond donors (Lipinski definition) is 2. The zero-order valence-electron chi connectivity index (χ0n) is 21.2. The summed E-state index contributed by atoms with van der Waals surface area (Å²) in [6.07, 6.45) is 3.36. The molecule has 4 heterocycles. The minimum absolute atomic E-state index is 0. The van der Waals surface area contributed by atoms with E-state index in [-0.39, 0.29) is 20.3 Å². The number of ether oxygens (including phenoxy) is 1. The molecular formula is C26H33LiN4O3. The molecule has 3 aromatic rings. The van der Waals surface area contributed by atoms with E-state index in [0.29, 0.717) is 18.5 Å². The summed E-state index contributed by atoms with van der Waals surface area (Å²) in [7, 11) is 1.65. The second-order valence-corrected chi connectivity index (χ2v) is 9.31. The maximum atomic E-state index is 11.9. The number of nitrogens with zero attached hydrogens (tertiary/aromatic N) is 3. The van der Waals surface area contributed by atoms with E-state index < -0.39 is 5.97 Å². The molecule has 2 N–H and O–H groups in total. The van der Waals surface area contributed by atoms with Crippen molar-refractivity contribution < 1.29 is 34.9 Å². The normalized spacial score (nSPS) is 21.4. The van der Waals surface area contributed by atoms with E-state index in [1.165, 1.54) is 32.5 Å². The predicted molar refractivity (Wildman–Crippen MR) is 129 cm³/mol. The molecule has 3 saturated heterocycles. The number of aromatic carboxylic acids is 1. The van der Waals surface area contributed by atoms with Crippen LogP contribution in [0.4, 0.5) is 0 Å². The maximum Gasteiger partial charge on any atom is 1.00 e. The van der Waals surface area contributed by atoms with Gasteiger partial charge in [0.1, 0.15) is 5.75 Å². The Labute approximate surface area is 214 Å². The standard InChI is InChI=1S/C26H32N4O3.Li.H/c1-33-21-7-5-18(6-8-21)16-30-24-4-2-3-22(26(31)32)25(24)23(28-30)9-12-27-15-20-17-29-13-10-19(20)11-14-29;;/h2-8,19-20,27H,9-17H2,1H3,(H,31,32);;/q;+1;-1. The largest absolute Gasteiger partial charge is 1.00 e. The zero-order chi connectivity index (χ0) is 22.8. The summed E-state index contributed by atoms with van der Waals surface area (Å²) in [4.78, 5) is 14.5. The Morgan fingerprint density at radius 2 is 1.97 bits per heavy atom. The molecule has 8 heteroatoms. The van der Waals surface area contributed by atoms with Crippen LogP contribution < -0.4 is 28.9 Å². The van der Waals surface area contributed by atoms with Gasteiger partial charge < -0.3 is 21.5 Å². The number of aromatic nitrogens is 2. The van der Waals surface area contributed by atoms with E-state index in [9.17, 15) is 9.90 Å². The molecule has 0 amide bonds. The van der Waals surface area contributed by atoms with E-state index in [4.69, 9.17) is 9.84 Å². The topological polar surface area (TPSA) is 79.6 Å². The second kappa shape index (κ2) is 11.0. The molecule has 1 aromatic heterocycles. The van der Waals surface area contributed by atoms with Crippen molar-refractivity contribution in [3.05, 3.63) is 59.3 Å². The number of carboxylic acid groups (broad SMARTS) is 1. The Morgan fingerprint density at radius 1 is 1.21 bits per heavy atom. The molecule has 34 heavy (non-hydrogen) atoms. The molecule has 0 aliphatic carbocycles. The van der Waals surface area contributed by atoms with Crippen molar-refractivity contribution in [1.82, 2.24) is 20.0 Å². The average molecular weight is 457 g/mol. The van der Waals surface area contributed by atoms with Crippen molar-refractivity contribution in [1.29, 1.82) is 0 Å². The van der Waals surface area contributed by atoms with Gasteiger partial charge >= 0.3 is 24.8 Å². The number of benzene rings is 2. The average Bonchev–Trinajstić information content (AvgIpc) is 3.20. The first-order valence-electron chi connectivity index (χ1n) is 11.9. The van der Waals surface area contributed by atoms with Crippen LogP contribution in [0.25, 0.3) is 10.9 Å². The molecule has 0 radical (unpaired) electrons. The molecule has 0 saturated carbocycles. The number of carboxylic acids is 1. The summed E-state index contributed by atoms with van der Waals surface area (Å²) in [5.74, 6) is 1.48. The van der Waals surface area contributed by atoms with Crippen LogP contribution in [0.15, 0.2) is 42.5 Å². The van der Waals surface area contributed by atoms with Crippen LogP contribution in [0.3, 0.4) is 0 Å². The Balaban J connectivity index is 0.00000171. The van der Waals surface area contributed by atoms with E-state index in [0.717, 1.165) is 52.8 Å². The summed E-state index contributed by atoms with van der Waals surface area (Å²) in [6.45, 7) is 6.13. The van der Waals surface area contributed by atoms with Gasteiger partial charge in [-0.3, -0.25) is 4.68 Å². The van der Waals surface area contributed by atoms with Crippen LogP contribution >= 0.6 is 0 Å². The third-order valence-electron chi connectivity index (χ3n) is 7.31. The number of piperidine rings is 3. The van der Waals surface area contributed by atoms with Gasteiger partial charge in [-0.05, 0) is 74.1 Å². The SMILES string of the molecule is COc1ccc(Cn2nc(CCNCC3CN4CCC3CC4)c3c(C(=O)O)cccc32)cc1.[H-].[Li+]. The van der Waals surface area contributed by atoms with E-state index in [2.05, 4.69) is 10.2 Å². The molecule has 3 aliphatic rings. The van der Waals surface area contributed by atoms with Crippen LogP contribution in [0.5, 0.6) is 5.75 Å². The number of carbonyl (C=O) groups is 1. The van der Waals surface area contributed by atoms with Gasteiger partial charge in [0, 0.05) is 24.9 Å². The molecule has 3 aliphatic heterocycles. The summed E-state index contributed by atoms with van der Waals surface area (Å²) in [5.41, 5.74) is 3.12. The van der Waals surface area contributed by atoms with Crippen LogP contribution in [0.2, 0.25) is 0 Å². The first-order valence-corrected chi connectivity index (χ1v) is 11.9. The molecule has 2 bridgehead atoms. The second-order valence-electron chi connectivity index (χ2n) is 9.31. The molecule has 1 atom stereocenters. The van der Waals surface area contributed by atoms with E-state index in [1.807, 2.05) is 35.0 Å². The maximum absolute atomic E-state index is 11.9. The van der Waals surface area contributed by atoms with Crippen LogP contribution in [0, 0.1) is 11.8 Å². The number of fused-ring (bicyclic) bond motifs is 4. The number of methoxy groups -OCH3 is 1. The van der Waals surface area contributed by atoms with Gasteiger partial charge in [0.05, 0.1) is 30.4 Å². The van der Waals surface area contributed by atoms with Crippen LogP contribution in [-0.4, -0.2) is 65.6 Å². The fourth-order valence-corrected chi connectivity index (χ4v) is 5.50. The molecule has 0 spiro atoms. The first kappa shape index (κ1) is 24.8. The van der Waals surface area contributed by atoms with Crippen molar-refractivity contribution in [2.45, 2.75) is 25.8 Å². The molecule has 3 fully saturated rings. The van der Waals surface area contributed by atoms with Crippen molar-refractivity contribution in [3.63, 3.8) is 0 Å². The van der Waals surface area contributed by atoms with Crippen molar-refractivity contribution in [2.24, 2.45) is 11.8 Å². The smallest absolute Gasteiger partial charge is 1.00 e. The Morgan fingerprint density at radius 3 is 2.62 bits per heavy atom. The summed E-state index contributed by atoms with van der Waals surface area (Å²) < 4.78 is 7.18. The molecule has 6 rings (SSSR count). The fraction of sp³-hybridized carbons (Fsp3) is 0.462. The Bertz CT molecular complexity index is 1130. The molecule has 1 unspecified atom stereocenters. The first-order chi connectivity index (χ1) is 16.1. The minimum Gasteiger partial charge on any atom is -1.00 e. The van der Waals surface area contributed by atoms with Gasteiger partial charge in [-0.1, -0.05) is 18.2 Å². The van der Waals surface area contributed by atoms with Gasteiger partial charge in [-0.25, -0.2) is 4.79 Å². The number of nitrogens with one attached hydrogen (secondary N) is 1. The van der Waals surface area contributed by atoms with E-state index in [1.54, 1.807) is 19.2 Å². The van der Waals surface area contributed by atoms with Crippen molar-refractivity contribution in [3.8, 4) is 5.75 Å². The van der Waals surface area contributed by atoms with Gasteiger partial charge in [0.25, 0.3) is 0 Å². The van der Waals surface area contributed by atoms with Gasteiger partial charge in [-0.15, -0.1) is 0 Å². The van der Waals surface area contributed by atoms with Gasteiger partial charge in [0.2, 0.25) is 0 Å². The van der Waals surface area contributed by atoms with Crippen molar-refractivity contribution >= 4 is 16.9 Å². The van der Waals surface area contributed by atoms with Gasteiger partial charge in [-0.2, -0.15) is 5.10 Å². The summed E-state index contributed by atoms with van der Waals surface area (Å²) in [5, 5.41) is 19.1. The minimum atomic E-state index is -0.911. The predicted octanol–water partition coefficient (Wildman–Crippen LogP) is 0.382. The third-order valence-corrected chi connectivity index (χ3v) is 7.31. The molecule has 2 aromatic carbocycles. The van der Waals surface area contributed by atoms with E-state index >= 15 is 0 Å². The summed E-state index contributed by atoms with van der Waals surface area (Å²) >= 11 is 0. The zero-order valence-corrected chi connectivity index (χ0v) is 20.2. The van der Waals surface area contributed by atoms with Crippen LogP contribution in [0.1, 0.15) is 35.9 Å². The quantitative estimate of drug-likeness (QED) is 0.358. The third kappa shape index (κ3) is 5.18. The molecule has 7 nitrogen and oxygen atoms in total. The summed E-state index contributed by atoms with van der Waals surface area (Å²) in [6, 6.07) is 13.3. The monoisotopic (exact) mass is 456 g/mol. The number of rotatable bonds is 9. The molecule has 176 valence electrons. The van der Waals surface area contributed by atoms with Crippen molar-refractivity contribution in [2.75, 3.05) is 39.8 Å². The number of hydrogen-bond acceptors (Lipinski definition) is 5. The fourth-order valence-electron chi connectivity index (χ4n) is 5.50.